The van der Waals surface area contributed by atoms with Crippen molar-refractivity contribution in [3.8, 4) is 0 Å². The average Bonchev–Trinajstić information content (AvgIpc) is 2.57. The Hall–Kier alpha value is -0.860. The molecule has 1 heterocycles. The summed E-state index contributed by atoms with van der Waals surface area (Å²) in [5.41, 5.74) is 2.27. The quantitative estimate of drug-likeness (QED) is 0.841. The number of aryl methyl sites for hydroxylation is 1. The van der Waals surface area contributed by atoms with E-state index in [1.54, 1.807) is 0 Å². The molecule has 0 radical (unpaired) electrons. The smallest absolute Gasteiger partial charge is 0.0805 e. The lowest BCUT2D eigenvalue weighted by Gasteiger charge is -2.20. The van der Waals surface area contributed by atoms with E-state index in [-0.39, 0.29) is 6.10 Å². The highest BCUT2D eigenvalue weighted by Gasteiger charge is 2.17. The molecule has 0 amide bonds. The molecule has 1 fully saturated rings. The summed E-state index contributed by atoms with van der Waals surface area (Å²) >= 11 is 0. The molecule has 2 unspecified atom stereocenters. The zero-order valence-corrected chi connectivity index (χ0v) is 10.7. The van der Waals surface area contributed by atoms with Crippen molar-refractivity contribution in [3.05, 3.63) is 35.4 Å². The van der Waals surface area contributed by atoms with Crippen LogP contribution in [-0.4, -0.2) is 17.7 Å². The van der Waals surface area contributed by atoms with Gasteiger partial charge in [-0.15, -0.1) is 0 Å². The summed E-state index contributed by atoms with van der Waals surface area (Å²) in [7, 11) is 0. The predicted molar refractivity (Wildman–Crippen MR) is 71.0 cm³/mol. The Kier molecular flexibility index (Phi) is 4.57. The molecular weight excluding hydrogens is 210 g/mol. The fourth-order valence-corrected chi connectivity index (χ4v) is 2.58. The SMILES string of the molecule is Cc1cccc(C(O)CC2CCCCCN2)c1. The largest absolute Gasteiger partial charge is 0.388 e. The third kappa shape index (κ3) is 3.83. The summed E-state index contributed by atoms with van der Waals surface area (Å²) in [6.07, 6.45) is 5.59. The summed E-state index contributed by atoms with van der Waals surface area (Å²) in [5.74, 6) is 0. The van der Waals surface area contributed by atoms with Gasteiger partial charge in [0, 0.05) is 6.04 Å². The van der Waals surface area contributed by atoms with Gasteiger partial charge in [0.1, 0.15) is 0 Å². The number of aliphatic hydroxyl groups excluding tert-OH is 1. The lowest BCUT2D eigenvalue weighted by Crippen LogP contribution is -2.29. The molecule has 0 aromatic heterocycles. The molecule has 2 N–H and O–H groups in total. The van der Waals surface area contributed by atoms with Crippen LogP contribution >= 0.6 is 0 Å². The number of hydrogen-bond acceptors (Lipinski definition) is 2. The van der Waals surface area contributed by atoms with Gasteiger partial charge in [0.25, 0.3) is 0 Å². The third-order valence-corrected chi connectivity index (χ3v) is 3.60. The van der Waals surface area contributed by atoms with E-state index in [0.29, 0.717) is 6.04 Å². The summed E-state index contributed by atoms with van der Waals surface area (Å²) in [5, 5.41) is 13.8. The molecule has 2 atom stereocenters. The van der Waals surface area contributed by atoms with Crippen molar-refractivity contribution in [1.29, 1.82) is 0 Å². The van der Waals surface area contributed by atoms with Crippen molar-refractivity contribution in [3.63, 3.8) is 0 Å². The van der Waals surface area contributed by atoms with Gasteiger partial charge in [0.2, 0.25) is 0 Å². The molecule has 1 aliphatic heterocycles. The Bertz CT molecular complexity index is 343. The lowest BCUT2D eigenvalue weighted by molar-refractivity contribution is 0.150. The fraction of sp³-hybridized carbons (Fsp3) is 0.600. The van der Waals surface area contributed by atoms with E-state index in [0.717, 1.165) is 18.5 Å². The summed E-state index contributed by atoms with van der Waals surface area (Å²) in [4.78, 5) is 0. The molecule has 2 heteroatoms. The van der Waals surface area contributed by atoms with Gasteiger partial charge >= 0.3 is 0 Å². The molecule has 1 aromatic carbocycles. The molecule has 17 heavy (non-hydrogen) atoms. The van der Waals surface area contributed by atoms with Gasteiger partial charge in [0.05, 0.1) is 6.10 Å². The second-order valence-electron chi connectivity index (χ2n) is 5.17. The number of hydrogen-bond donors (Lipinski definition) is 2. The molecular formula is C15H23NO. The molecule has 0 aliphatic carbocycles. The van der Waals surface area contributed by atoms with Gasteiger partial charge < -0.3 is 10.4 Å². The van der Waals surface area contributed by atoms with Crippen LogP contribution < -0.4 is 5.32 Å². The van der Waals surface area contributed by atoms with Gasteiger partial charge in [-0.2, -0.15) is 0 Å². The van der Waals surface area contributed by atoms with Gasteiger partial charge in [-0.05, 0) is 38.3 Å². The first-order valence-corrected chi connectivity index (χ1v) is 6.74. The lowest BCUT2D eigenvalue weighted by atomic mass is 9.98. The zero-order valence-electron chi connectivity index (χ0n) is 10.7. The minimum absolute atomic E-state index is 0.328. The Morgan fingerprint density at radius 1 is 1.35 bits per heavy atom. The van der Waals surface area contributed by atoms with Crippen LogP contribution in [0.2, 0.25) is 0 Å². The Morgan fingerprint density at radius 2 is 2.24 bits per heavy atom. The highest BCUT2D eigenvalue weighted by Crippen LogP contribution is 2.22. The molecule has 1 saturated heterocycles. The maximum absolute atomic E-state index is 10.2. The van der Waals surface area contributed by atoms with Crippen LogP contribution in [0.1, 0.15) is 49.3 Å². The van der Waals surface area contributed by atoms with Crippen LogP contribution in [0.5, 0.6) is 0 Å². The van der Waals surface area contributed by atoms with Crippen molar-refractivity contribution in [2.75, 3.05) is 6.54 Å². The van der Waals surface area contributed by atoms with Crippen LogP contribution in [-0.2, 0) is 0 Å². The van der Waals surface area contributed by atoms with Crippen molar-refractivity contribution >= 4 is 0 Å². The number of rotatable bonds is 3. The van der Waals surface area contributed by atoms with Crippen LogP contribution in [0.3, 0.4) is 0 Å². The van der Waals surface area contributed by atoms with Gasteiger partial charge in [-0.3, -0.25) is 0 Å². The fourth-order valence-electron chi connectivity index (χ4n) is 2.58. The molecule has 0 saturated carbocycles. The third-order valence-electron chi connectivity index (χ3n) is 3.60. The first-order chi connectivity index (χ1) is 8.25. The van der Waals surface area contributed by atoms with E-state index in [4.69, 9.17) is 0 Å². The van der Waals surface area contributed by atoms with Crippen molar-refractivity contribution < 1.29 is 5.11 Å². The van der Waals surface area contributed by atoms with E-state index >= 15 is 0 Å². The predicted octanol–water partition coefficient (Wildman–Crippen LogP) is 2.95. The summed E-state index contributed by atoms with van der Waals surface area (Å²) in [6, 6.07) is 8.68. The molecule has 2 nitrogen and oxygen atoms in total. The maximum atomic E-state index is 10.2. The topological polar surface area (TPSA) is 32.3 Å². The minimum atomic E-state index is -0.328. The van der Waals surface area contributed by atoms with E-state index < -0.39 is 0 Å². The number of benzene rings is 1. The van der Waals surface area contributed by atoms with E-state index in [2.05, 4.69) is 24.4 Å². The van der Waals surface area contributed by atoms with Crippen LogP contribution in [0.25, 0.3) is 0 Å². The Balaban J connectivity index is 1.93. The summed E-state index contributed by atoms with van der Waals surface area (Å²) in [6.45, 7) is 3.17. The normalized spacial score (nSPS) is 23.1. The van der Waals surface area contributed by atoms with Crippen molar-refractivity contribution in [1.82, 2.24) is 5.32 Å². The minimum Gasteiger partial charge on any atom is -0.388 e. The van der Waals surface area contributed by atoms with E-state index in [9.17, 15) is 5.11 Å². The van der Waals surface area contributed by atoms with E-state index in [1.807, 2.05) is 12.1 Å². The first-order valence-electron chi connectivity index (χ1n) is 6.74. The van der Waals surface area contributed by atoms with Gasteiger partial charge in [-0.25, -0.2) is 0 Å². The summed E-state index contributed by atoms with van der Waals surface area (Å²) < 4.78 is 0. The van der Waals surface area contributed by atoms with Crippen molar-refractivity contribution in [2.45, 2.75) is 51.2 Å². The van der Waals surface area contributed by atoms with E-state index in [1.165, 1.54) is 31.2 Å². The Labute approximate surface area is 104 Å². The molecule has 2 rings (SSSR count). The molecule has 94 valence electrons. The second kappa shape index (κ2) is 6.18. The number of aliphatic hydroxyl groups is 1. The number of nitrogens with one attached hydrogen (secondary N) is 1. The average molecular weight is 233 g/mol. The molecule has 1 aromatic rings. The van der Waals surface area contributed by atoms with Gasteiger partial charge in [0.15, 0.2) is 0 Å². The second-order valence-corrected chi connectivity index (χ2v) is 5.17. The zero-order chi connectivity index (χ0) is 12.1. The monoisotopic (exact) mass is 233 g/mol. The van der Waals surface area contributed by atoms with Crippen LogP contribution in [0.4, 0.5) is 0 Å². The van der Waals surface area contributed by atoms with Gasteiger partial charge in [-0.1, -0.05) is 42.7 Å². The van der Waals surface area contributed by atoms with Crippen LogP contribution in [0.15, 0.2) is 24.3 Å². The van der Waals surface area contributed by atoms with Crippen LogP contribution in [0, 0.1) is 6.92 Å². The first kappa shape index (κ1) is 12.6. The molecule has 1 aliphatic rings. The molecule has 0 spiro atoms. The standard InChI is InChI=1S/C15H23NO/c1-12-6-5-7-13(10-12)15(17)11-14-8-3-2-4-9-16-14/h5-7,10,14-17H,2-4,8-9,11H2,1H3. The maximum Gasteiger partial charge on any atom is 0.0805 e. The highest BCUT2D eigenvalue weighted by atomic mass is 16.3. The molecule has 0 bridgehead atoms. The highest BCUT2D eigenvalue weighted by molar-refractivity contribution is 5.24. The van der Waals surface area contributed by atoms with Crippen molar-refractivity contribution in [2.24, 2.45) is 0 Å². The Morgan fingerprint density at radius 3 is 3.06 bits per heavy atom.